The van der Waals surface area contributed by atoms with E-state index in [4.69, 9.17) is 0 Å². The first-order valence-electron chi connectivity index (χ1n) is 12.3. The molecule has 0 spiro atoms. The molecule has 1 aliphatic heterocycles. The van der Waals surface area contributed by atoms with Crippen LogP contribution in [0, 0.1) is 9.39 Å². The van der Waals surface area contributed by atoms with E-state index in [0.717, 1.165) is 16.0 Å². The Bertz CT molecular complexity index is 1450. The monoisotopic (exact) mass is 665 g/mol. The van der Waals surface area contributed by atoms with Gasteiger partial charge in [-0.2, -0.15) is 0 Å². The smallest absolute Gasteiger partial charge is 0.320 e. The first-order chi connectivity index (χ1) is 18.4. The number of amides is 3. The summed E-state index contributed by atoms with van der Waals surface area (Å²) in [6.45, 7) is 1.77. The molecule has 1 fully saturated rings. The minimum atomic E-state index is -3.11. The number of urea groups is 1. The topological polar surface area (TPSA) is 116 Å². The maximum Gasteiger partial charge on any atom is 0.320 e. The number of aryl methyl sites for hydroxylation is 1. The molecule has 2 unspecified atom stereocenters. The quantitative estimate of drug-likeness (QED) is 0.297. The van der Waals surface area contributed by atoms with Crippen LogP contribution < -0.4 is 10.6 Å². The third-order valence-corrected chi connectivity index (χ3v) is 8.37. The van der Waals surface area contributed by atoms with E-state index in [1.54, 1.807) is 37.3 Å². The highest BCUT2D eigenvalue weighted by molar-refractivity contribution is 14.1. The first kappa shape index (κ1) is 29.0. The molecule has 1 aliphatic rings. The van der Waals surface area contributed by atoms with Crippen molar-refractivity contribution >= 4 is 50.1 Å². The number of anilines is 1. The molecular weight excluding hydrogens is 636 g/mol. The Balaban J connectivity index is 1.62. The lowest BCUT2D eigenvalue weighted by Crippen LogP contribution is -2.52. The van der Waals surface area contributed by atoms with Gasteiger partial charge in [0.15, 0.2) is 6.23 Å². The Hall–Kier alpha value is -3.03. The van der Waals surface area contributed by atoms with Crippen LogP contribution in [0.3, 0.4) is 0 Å². The SMILES string of the molecule is C[C@@H](c1ccccc1)[C@@H](C(=O)Nc1ccc(I)cc1F)N1C(=O)NC(c2ccc(CCS(C)(=O)=O)cc2)C1O. The van der Waals surface area contributed by atoms with Gasteiger partial charge < -0.3 is 15.7 Å². The lowest BCUT2D eigenvalue weighted by Gasteiger charge is -2.34. The molecule has 0 radical (unpaired) electrons. The number of nitrogens with zero attached hydrogens (tertiary/aromatic N) is 1. The van der Waals surface area contributed by atoms with Gasteiger partial charge in [0.25, 0.3) is 0 Å². The minimum absolute atomic E-state index is 0.0121. The van der Waals surface area contributed by atoms with Gasteiger partial charge in [0.05, 0.1) is 11.4 Å². The molecule has 39 heavy (non-hydrogen) atoms. The van der Waals surface area contributed by atoms with E-state index in [1.165, 1.54) is 18.4 Å². The average Bonchev–Trinajstić information content (AvgIpc) is 3.18. The van der Waals surface area contributed by atoms with Crippen LogP contribution >= 0.6 is 22.6 Å². The summed E-state index contributed by atoms with van der Waals surface area (Å²) in [4.78, 5) is 27.9. The number of aliphatic hydroxyl groups is 1. The van der Waals surface area contributed by atoms with E-state index in [1.807, 2.05) is 52.9 Å². The van der Waals surface area contributed by atoms with E-state index in [0.29, 0.717) is 15.6 Å². The average molecular weight is 666 g/mol. The molecule has 3 N–H and O–H groups in total. The van der Waals surface area contributed by atoms with Crippen molar-refractivity contribution in [2.24, 2.45) is 0 Å². The summed E-state index contributed by atoms with van der Waals surface area (Å²) in [5, 5.41) is 16.7. The number of carbonyl (C=O) groups excluding carboxylic acids is 2. The lowest BCUT2D eigenvalue weighted by atomic mass is 9.91. The van der Waals surface area contributed by atoms with Crippen LogP contribution in [0.1, 0.15) is 35.6 Å². The highest BCUT2D eigenvalue weighted by atomic mass is 127. The summed E-state index contributed by atoms with van der Waals surface area (Å²) >= 11 is 1.97. The molecule has 8 nitrogen and oxygen atoms in total. The van der Waals surface area contributed by atoms with Gasteiger partial charge in [0.1, 0.15) is 27.7 Å². The predicted octanol–water partition coefficient (Wildman–Crippen LogP) is 4.21. The van der Waals surface area contributed by atoms with Crippen molar-refractivity contribution in [3.05, 3.63) is 98.9 Å². The zero-order valence-electron chi connectivity index (χ0n) is 21.3. The molecule has 0 saturated carbocycles. The van der Waals surface area contributed by atoms with Gasteiger partial charge in [-0.3, -0.25) is 9.69 Å². The summed E-state index contributed by atoms with van der Waals surface area (Å²) in [5.41, 5.74) is 2.13. The van der Waals surface area contributed by atoms with E-state index in [-0.39, 0.29) is 11.4 Å². The molecule has 1 heterocycles. The summed E-state index contributed by atoms with van der Waals surface area (Å²) in [7, 11) is -3.11. The zero-order chi connectivity index (χ0) is 28.3. The standard InChI is InChI=1S/C28H29FIN3O5S/c1-17(19-6-4-3-5-7-19)25(26(34)31-23-13-12-21(30)16-22(23)29)33-27(35)24(32-28(33)36)20-10-8-18(9-11-20)14-15-39(2,37)38/h3-13,16-17,24-25,27,35H,14-15H2,1-2H3,(H,31,34)(H,32,36)/t17-,24?,25-,27?/m0/s1. The number of nitrogens with one attached hydrogen (secondary N) is 2. The second-order valence-electron chi connectivity index (χ2n) is 9.63. The largest absolute Gasteiger partial charge is 0.371 e. The maximum atomic E-state index is 14.6. The van der Waals surface area contributed by atoms with Gasteiger partial charge in [0.2, 0.25) is 5.91 Å². The fraction of sp³-hybridized carbons (Fsp3) is 0.286. The Morgan fingerprint density at radius 2 is 1.79 bits per heavy atom. The van der Waals surface area contributed by atoms with Gasteiger partial charge in [-0.15, -0.1) is 0 Å². The summed E-state index contributed by atoms with van der Waals surface area (Å²) in [5.74, 6) is -1.78. The van der Waals surface area contributed by atoms with Gasteiger partial charge in [-0.1, -0.05) is 61.5 Å². The fourth-order valence-corrected chi connectivity index (χ4v) is 5.69. The van der Waals surface area contributed by atoms with Gasteiger partial charge in [0, 0.05) is 15.7 Å². The molecule has 3 aromatic rings. The van der Waals surface area contributed by atoms with Crippen LogP contribution in [0.4, 0.5) is 14.9 Å². The normalized spacial score (nSPS) is 18.9. The van der Waals surface area contributed by atoms with Gasteiger partial charge in [-0.25, -0.2) is 17.6 Å². The van der Waals surface area contributed by atoms with E-state index < -0.39 is 51.8 Å². The van der Waals surface area contributed by atoms with Crippen LogP contribution in [-0.2, 0) is 21.1 Å². The van der Waals surface area contributed by atoms with Crippen LogP contribution in [-0.4, -0.2) is 54.6 Å². The number of halogens is 2. The zero-order valence-corrected chi connectivity index (χ0v) is 24.3. The van der Waals surface area contributed by atoms with E-state index >= 15 is 0 Å². The van der Waals surface area contributed by atoms with Crippen molar-refractivity contribution in [2.75, 3.05) is 17.3 Å². The number of hydrogen-bond acceptors (Lipinski definition) is 5. The minimum Gasteiger partial charge on any atom is -0.371 e. The Morgan fingerprint density at radius 1 is 1.13 bits per heavy atom. The first-order valence-corrected chi connectivity index (χ1v) is 15.4. The molecule has 3 amide bonds. The molecule has 1 saturated heterocycles. The summed E-state index contributed by atoms with van der Waals surface area (Å²) in [6.07, 6.45) is 0.121. The highest BCUT2D eigenvalue weighted by Crippen LogP contribution is 2.33. The van der Waals surface area contributed by atoms with Crippen LogP contribution in [0.25, 0.3) is 0 Å². The molecule has 0 aliphatic carbocycles. The maximum absolute atomic E-state index is 14.6. The lowest BCUT2D eigenvalue weighted by molar-refractivity contribution is -0.124. The molecule has 3 aromatic carbocycles. The van der Waals surface area contributed by atoms with E-state index in [9.17, 15) is 27.5 Å². The molecular formula is C28H29FIN3O5S. The summed E-state index contributed by atoms with van der Waals surface area (Å²) in [6, 6.07) is 17.8. The number of benzene rings is 3. The number of aliphatic hydroxyl groups excluding tert-OH is 1. The number of sulfone groups is 1. The highest BCUT2D eigenvalue weighted by Gasteiger charge is 2.47. The van der Waals surface area contributed by atoms with E-state index in [2.05, 4.69) is 10.6 Å². The number of hydrogen-bond donors (Lipinski definition) is 3. The van der Waals surface area contributed by atoms with Gasteiger partial charge >= 0.3 is 6.03 Å². The van der Waals surface area contributed by atoms with Crippen molar-refractivity contribution in [1.82, 2.24) is 10.2 Å². The second kappa shape index (κ2) is 12.0. The Labute approximate surface area is 240 Å². The molecule has 0 bridgehead atoms. The van der Waals surface area contributed by atoms with Crippen molar-refractivity contribution < 1.29 is 27.5 Å². The van der Waals surface area contributed by atoms with Crippen LogP contribution in [0.15, 0.2) is 72.8 Å². The molecule has 4 rings (SSSR count). The van der Waals surface area contributed by atoms with Crippen molar-refractivity contribution in [3.8, 4) is 0 Å². The van der Waals surface area contributed by atoms with Crippen LogP contribution in [0.2, 0.25) is 0 Å². The number of carbonyl (C=O) groups is 2. The summed E-state index contributed by atoms with van der Waals surface area (Å²) < 4.78 is 38.2. The Morgan fingerprint density at radius 3 is 2.41 bits per heavy atom. The fourth-order valence-electron chi connectivity index (χ4n) is 4.63. The van der Waals surface area contributed by atoms with Crippen molar-refractivity contribution in [3.63, 3.8) is 0 Å². The van der Waals surface area contributed by atoms with Crippen molar-refractivity contribution in [1.29, 1.82) is 0 Å². The molecule has 4 atom stereocenters. The second-order valence-corrected chi connectivity index (χ2v) is 13.1. The molecule has 11 heteroatoms. The Kier molecular flexibility index (Phi) is 8.92. The van der Waals surface area contributed by atoms with Crippen molar-refractivity contribution in [2.45, 2.75) is 37.6 Å². The molecule has 0 aromatic heterocycles. The third kappa shape index (κ3) is 6.95. The third-order valence-electron chi connectivity index (χ3n) is 6.75. The number of rotatable bonds is 9. The predicted molar refractivity (Wildman–Crippen MR) is 155 cm³/mol. The van der Waals surface area contributed by atoms with Crippen LogP contribution in [0.5, 0.6) is 0 Å². The molecule has 206 valence electrons. The van der Waals surface area contributed by atoms with Gasteiger partial charge in [-0.05, 0) is 63.9 Å².